The second-order valence-corrected chi connectivity index (χ2v) is 5.51. The molecule has 6 nitrogen and oxygen atoms in total. The Bertz CT molecular complexity index is 857. The summed E-state index contributed by atoms with van der Waals surface area (Å²) in [6.45, 7) is 0.532. The number of ether oxygens (including phenoxy) is 1. The number of anilines is 3. The Morgan fingerprint density at radius 2 is 1.71 bits per heavy atom. The molecule has 6 heteroatoms. The molecular weight excluding hydrogens is 302 g/mol. The number of para-hydroxylation sites is 1. The van der Waals surface area contributed by atoms with Gasteiger partial charge in [0.05, 0.1) is 18.9 Å². The first-order valence-electron chi connectivity index (χ1n) is 7.64. The molecule has 1 aliphatic rings. The van der Waals surface area contributed by atoms with Gasteiger partial charge in [-0.25, -0.2) is 0 Å². The number of hydrogen-bond acceptors (Lipinski definition) is 4. The molecule has 0 aliphatic carbocycles. The molecule has 2 heterocycles. The summed E-state index contributed by atoms with van der Waals surface area (Å²) in [4.78, 5) is 4.06. The maximum atomic E-state index is 8.52. The van der Waals surface area contributed by atoms with Gasteiger partial charge in [-0.15, -0.1) is 0 Å². The van der Waals surface area contributed by atoms with E-state index in [1.807, 2.05) is 59.5 Å². The van der Waals surface area contributed by atoms with Gasteiger partial charge in [0, 0.05) is 11.4 Å². The topological polar surface area (TPSA) is 68.2 Å². The molecule has 0 radical (unpaired) electrons. The molecule has 0 fully saturated rings. The fourth-order valence-electron chi connectivity index (χ4n) is 2.88. The normalized spacial score (nSPS) is 13.8. The highest BCUT2D eigenvalue weighted by molar-refractivity contribution is 6.13. The number of rotatable bonds is 3. The Morgan fingerprint density at radius 3 is 2.42 bits per heavy atom. The van der Waals surface area contributed by atoms with Crippen molar-refractivity contribution in [1.29, 1.82) is 5.41 Å². The Hall–Kier alpha value is -3.28. The van der Waals surface area contributed by atoms with Gasteiger partial charge in [0.15, 0.2) is 0 Å². The highest BCUT2D eigenvalue weighted by atomic mass is 16.5. The summed E-state index contributed by atoms with van der Waals surface area (Å²) >= 11 is 0. The van der Waals surface area contributed by atoms with Gasteiger partial charge in [0.2, 0.25) is 0 Å². The van der Waals surface area contributed by atoms with E-state index >= 15 is 0 Å². The second kappa shape index (κ2) is 5.73. The van der Waals surface area contributed by atoms with Crippen LogP contribution >= 0.6 is 0 Å². The summed E-state index contributed by atoms with van der Waals surface area (Å²) in [5, 5.41) is 15.7. The molecule has 0 saturated carbocycles. The van der Waals surface area contributed by atoms with E-state index in [-0.39, 0.29) is 0 Å². The van der Waals surface area contributed by atoms with Crippen LogP contribution < -0.4 is 14.5 Å². The van der Waals surface area contributed by atoms with Gasteiger partial charge in [-0.05, 0) is 36.4 Å². The van der Waals surface area contributed by atoms with E-state index in [0.29, 0.717) is 12.5 Å². The lowest BCUT2D eigenvalue weighted by Crippen LogP contribution is -2.44. The van der Waals surface area contributed by atoms with Gasteiger partial charge < -0.3 is 14.5 Å². The lowest BCUT2D eigenvalue weighted by atomic mass is 10.1. The summed E-state index contributed by atoms with van der Waals surface area (Å²) in [5.74, 6) is 2.08. The molecule has 1 aliphatic heterocycles. The maximum absolute atomic E-state index is 8.52. The maximum Gasteiger partial charge on any atom is 0.141 e. The molecule has 0 saturated heterocycles. The standard InChI is InChI=1S/C18H17N5O/c1-24-15-9-7-14(8-10-15)23-12-22(13-5-3-2-4-6-13)17(19)16-11-20-21-18(16)23/h2-11,19H,12H2,1H3,(H,20,21). The van der Waals surface area contributed by atoms with Crippen LogP contribution in [-0.2, 0) is 0 Å². The van der Waals surface area contributed by atoms with Gasteiger partial charge in [-0.3, -0.25) is 10.5 Å². The van der Waals surface area contributed by atoms with Crippen LogP contribution in [-0.4, -0.2) is 29.8 Å². The SMILES string of the molecule is COc1ccc(N2CN(c3ccccc3)C(=N)c3cn[nH]c32)cc1. The first-order valence-corrected chi connectivity index (χ1v) is 7.64. The Balaban J connectivity index is 1.76. The monoisotopic (exact) mass is 319 g/mol. The van der Waals surface area contributed by atoms with Crippen molar-refractivity contribution in [2.24, 2.45) is 0 Å². The van der Waals surface area contributed by atoms with E-state index in [1.54, 1.807) is 13.3 Å². The number of fused-ring (bicyclic) bond motifs is 1. The van der Waals surface area contributed by atoms with Crippen LogP contribution in [0.4, 0.5) is 17.2 Å². The zero-order valence-corrected chi connectivity index (χ0v) is 13.2. The van der Waals surface area contributed by atoms with Gasteiger partial charge in [0.1, 0.15) is 24.1 Å². The third kappa shape index (κ3) is 2.28. The quantitative estimate of drug-likeness (QED) is 0.777. The minimum atomic E-state index is 0.440. The summed E-state index contributed by atoms with van der Waals surface area (Å²) in [6.07, 6.45) is 1.70. The van der Waals surface area contributed by atoms with Gasteiger partial charge in [-0.2, -0.15) is 5.10 Å². The third-order valence-corrected chi connectivity index (χ3v) is 4.15. The molecular formula is C18H17N5O. The lowest BCUT2D eigenvalue weighted by molar-refractivity contribution is 0.415. The number of methoxy groups -OCH3 is 1. The van der Waals surface area contributed by atoms with Crippen LogP contribution in [0.5, 0.6) is 5.75 Å². The van der Waals surface area contributed by atoms with Crippen LogP contribution in [0, 0.1) is 5.41 Å². The molecule has 0 spiro atoms. The minimum Gasteiger partial charge on any atom is -0.497 e. The summed E-state index contributed by atoms with van der Waals surface area (Å²) in [6, 6.07) is 17.8. The van der Waals surface area contributed by atoms with Crippen molar-refractivity contribution in [2.45, 2.75) is 0 Å². The van der Waals surface area contributed by atoms with Gasteiger partial charge >= 0.3 is 0 Å². The Morgan fingerprint density at radius 1 is 1.00 bits per heavy atom. The highest BCUT2D eigenvalue weighted by Crippen LogP contribution is 2.34. The molecule has 120 valence electrons. The van der Waals surface area contributed by atoms with Crippen molar-refractivity contribution in [3.8, 4) is 5.75 Å². The molecule has 2 N–H and O–H groups in total. The number of nitrogens with zero attached hydrogens (tertiary/aromatic N) is 3. The van der Waals surface area contributed by atoms with Crippen molar-refractivity contribution in [2.75, 3.05) is 23.6 Å². The number of benzene rings is 2. The number of amidine groups is 1. The predicted molar refractivity (Wildman–Crippen MR) is 94.3 cm³/mol. The van der Waals surface area contributed by atoms with E-state index in [1.165, 1.54) is 0 Å². The molecule has 2 aromatic carbocycles. The first kappa shape index (κ1) is 14.3. The summed E-state index contributed by atoms with van der Waals surface area (Å²) < 4.78 is 5.24. The molecule has 0 unspecified atom stereocenters. The average Bonchev–Trinajstić information content (AvgIpc) is 3.13. The van der Waals surface area contributed by atoms with Crippen molar-refractivity contribution < 1.29 is 4.74 Å². The number of hydrogen-bond donors (Lipinski definition) is 2. The largest absolute Gasteiger partial charge is 0.497 e. The summed E-state index contributed by atoms with van der Waals surface area (Å²) in [5.41, 5.74) is 2.77. The van der Waals surface area contributed by atoms with Gasteiger partial charge in [-0.1, -0.05) is 18.2 Å². The lowest BCUT2D eigenvalue weighted by Gasteiger charge is -2.37. The fraction of sp³-hybridized carbons (Fsp3) is 0.111. The van der Waals surface area contributed by atoms with Crippen molar-refractivity contribution >= 4 is 23.0 Å². The fourth-order valence-corrected chi connectivity index (χ4v) is 2.88. The predicted octanol–water partition coefficient (Wildman–Crippen LogP) is 3.36. The average molecular weight is 319 g/mol. The molecule has 4 rings (SSSR count). The molecule has 3 aromatic rings. The Kier molecular flexibility index (Phi) is 3.42. The molecule has 24 heavy (non-hydrogen) atoms. The summed E-state index contributed by atoms with van der Waals surface area (Å²) in [7, 11) is 1.65. The van der Waals surface area contributed by atoms with Crippen LogP contribution in [0.2, 0.25) is 0 Å². The van der Waals surface area contributed by atoms with Crippen LogP contribution in [0.15, 0.2) is 60.8 Å². The van der Waals surface area contributed by atoms with Crippen molar-refractivity contribution in [1.82, 2.24) is 10.2 Å². The number of H-pyrrole nitrogens is 1. The van der Waals surface area contributed by atoms with E-state index in [9.17, 15) is 0 Å². The molecule has 0 bridgehead atoms. The Labute approximate surface area is 139 Å². The van der Waals surface area contributed by atoms with E-state index in [4.69, 9.17) is 10.1 Å². The molecule has 0 amide bonds. The van der Waals surface area contributed by atoms with Crippen LogP contribution in [0.3, 0.4) is 0 Å². The minimum absolute atomic E-state index is 0.440. The number of aromatic amines is 1. The van der Waals surface area contributed by atoms with E-state index in [0.717, 1.165) is 28.5 Å². The molecule has 1 aromatic heterocycles. The van der Waals surface area contributed by atoms with Crippen molar-refractivity contribution in [3.63, 3.8) is 0 Å². The zero-order chi connectivity index (χ0) is 16.5. The number of nitrogens with one attached hydrogen (secondary N) is 2. The van der Waals surface area contributed by atoms with Crippen molar-refractivity contribution in [3.05, 3.63) is 66.4 Å². The third-order valence-electron chi connectivity index (χ3n) is 4.15. The van der Waals surface area contributed by atoms with Crippen LogP contribution in [0.1, 0.15) is 5.56 Å². The zero-order valence-electron chi connectivity index (χ0n) is 13.2. The number of aromatic nitrogens is 2. The first-order chi connectivity index (χ1) is 11.8. The van der Waals surface area contributed by atoms with E-state index < -0.39 is 0 Å². The second-order valence-electron chi connectivity index (χ2n) is 5.51. The highest BCUT2D eigenvalue weighted by Gasteiger charge is 2.30. The van der Waals surface area contributed by atoms with E-state index in [2.05, 4.69) is 15.1 Å². The molecule has 0 atom stereocenters. The van der Waals surface area contributed by atoms with Crippen LogP contribution in [0.25, 0.3) is 0 Å². The van der Waals surface area contributed by atoms with Gasteiger partial charge in [0.25, 0.3) is 0 Å². The smallest absolute Gasteiger partial charge is 0.141 e.